The summed E-state index contributed by atoms with van der Waals surface area (Å²) in [6.07, 6.45) is 0.0588. The number of carboxylic acid groups (broad SMARTS) is 1. The largest absolute Gasteiger partial charge is 0.481 e. The van der Waals surface area contributed by atoms with Gasteiger partial charge in [-0.2, -0.15) is 0 Å². The first-order valence-electron chi connectivity index (χ1n) is 17.4. The molecule has 2 aliphatic heterocycles. The minimum Gasteiger partial charge on any atom is -0.481 e. The maximum atomic E-state index is 13.9. The third-order valence-corrected chi connectivity index (χ3v) is 9.31. The molecule has 0 saturated heterocycles. The van der Waals surface area contributed by atoms with Crippen LogP contribution in [0.25, 0.3) is 0 Å². The van der Waals surface area contributed by atoms with E-state index in [1.165, 1.54) is 13.8 Å². The topological polar surface area (TPSA) is 198 Å². The number of fused-ring (bicyclic) bond motifs is 6. The summed E-state index contributed by atoms with van der Waals surface area (Å²) in [6.45, 7) is 3.33. The van der Waals surface area contributed by atoms with E-state index in [1.54, 1.807) is 18.2 Å². The smallest absolute Gasteiger partial charge is 0.303 e. The van der Waals surface area contributed by atoms with Crippen LogP contribution in [0, 0.1) is 0 Å². The van der Waals surface area contributed by atoms with Gasteiger partial charge in [0.15, 0.2) is 5.60 Å². The highest BCUT2D eigenvalue weighted by Crippen LogP contribution is 2.56. The van der Waals surface area contributed by atoms with Gasteiger partial charge in [-0.15, -0.1) is 0 Å². The van der Waals surface area contributed by atoms with Crippen molar-refractivity contribution in [1.82, 2.24) is 16.0 Å². The van der Waals surface area contributed by atoms with Crippen molar-refractivity contribution in [3.63, 3.8) is 0 Å². The van der Waals surface area contributed by atoms with Crippen LogP contribution in [-0.2, 0) is 47.3 Å². The Labute approximate surface area is 306 Å². The van der Waals surface area contributed by atoms with Gasteiger partial charge in [0.2, 0.25) is 23.6 Å². The third kappa shape index (κ3) is 8.00. The number of nitrogens with two attached hydrogens (primary N) is 1. The van der Waals surface area contributed by atoms with E-state index >= 15 is 0 Å². The van der Waals surface area contributed by atoms with E-state index < -0.39 is 53.3 Å². The normalized spacial score (nSPS) is 16.8. The molecule has 6 rings (SSSR count). The molecule has 4 unspecified atom stereocenters. The standard InChI is InChI=1S/C40H41N5O8/c1-23(42-35(46)13-8-14-36(47)48)37(49)43-24(2)38(50)45-32(19-25-9-4-3-5-10-25)39(51)44-28-16-18-31-34(21-28)53-33-20-27(41)15-17-30(33)40(31)29-12-7-6-11-26(29)22-52-40/h3-7,9-12,15-18,20-21,23-24,32H,8,13-14,19,22,41H2,1-2H3,(H,42,46)(H,43,49)(H,44,51)(H,45,50)(H,47,48). The van der Waals surface area contributed by atoms with Crippen LogP contribution >= 0.6 is 0 Å². The molecular weight excluding hydrogens is 678 g/mol. The van der Waals surface area contributed by atoms with Gasteiger partial charge in [-0.05, 0) is 61.2 Å². The predicted molar refractivity (Wildman–Crippen MR) is 196 cm³/mol. The third-order valence-electron chi connectivity index (χ3n) is 9.31. The summed E-state index contributed by atoms with van der Waals surface area (Å²) in [7, 11) is 0. The van der Waals surface area contributed by atoms with Crippen molar-refractivity contribution in [2.24, 2.45) is 0 Å². The van der Waals surface area contributed by atoms with E-state index in [0.717, 1.165) is 27.8 Å². The van der Waals surface area contributed by atoms with Gasteiger partial charge in [-0.25, -0.2) is 0 Å². The van der Waals surface area contributed by atoms with Gasteiger partial charge in [0.25, 0.3) is 0 Å². The zero-order chi connectivity index (χ0) is 37.7. The number of hydrogen-bond donors (Lipinski definition) is 6. The van der Waals surface area contributed by atoms with Crippen molar-refractivity contribution < 1.29 is 38.6 Å². The Hall–Kier alpha value is -6.21. The predicted octanol–water partition coefficient (Wildman–Crippen LogP) is 4.13. The van der Waals surface area contributed by atoms with Crippen LogP contribution in [0.5, 0.6) is 11.5 Å². The Morgan fingerprint density at radius 3 is 2.17 bits per heavy atom. The van der Waals surface area contributed by atoms with Crippen molar-refractivity contribution in [2.75, 3.05) is 11.1 Å². The Morgan fingerprint density at radius 1 is 0.755 bits per heavy atom. The Balaban J connectivity index is 1.18. The lowest BCUT2D eigenvalue weighted by molar-refractivity contribution is -0.137. The van der Waals surface area contributed by atoms with Crippen LogP contribution in [0.15, 0.2) is 91.0 Å². The number of rotatable bonds is 13. The number of carbonyl (C=O) groups excluding carboxylic acids is 4. The molecule has 2 heterocycles. The van der Waals surface area contributed by atoms with Gasteiger partial charge in [-0.1, -0.05) is 54.6 Å². The molecule has 53 heavy (non-hydrogen) atoms. The molecule has 7 N–H and O–H groups in total. The summed E-state index contributed by atoms with van der Waals surface area (Å²) >= 11 is 0. The summed E-state index contributed by atoms with van der Waals surface area (Å²) in [5, 5.41) is 19.5. The fourth-order valence-corrected chi connectivity index (χ4v) is 6.62. The molecule has 2 aliphatic rings. The SMILES string of the molecule is CC(NC(=O)CCCC(=O)O)C(=O)NC(C)C(=O)NC(Cc1ccccc1)C(=O)Nc1ccc2c(c1)Oc1cc(N)ccc1C21OCc2ccccc21. The van der Waals surface area contributed by atoms with E-state index in [1.807, 2.05) is 72.8 Å². The van der Waals surface area contributed by atoms with E-state index in [4.69, 9.17) is 20.3 Å². The molecule has 4 amide bonds. The van der Waals surface area contributed by atoms with Crippen molar-refractivity contribution in [1.29, 1.82) is 0 Å². The minimum atomic E-state index is -1.06. The quantitative estimate of drug-likeness (QED) is 0.110. The second kappa shape index (κ2) is 15.6. The van der Waals surface area contributed by atoms with Crippen molar-refractivity contribution in [3.05, 3.63) is 119 Å². The fourth-order valence-electron chi connectivity index (χ4n) is 6.62. The maximum absolute atomic E-state index is 13.9. The summed E-state index contributed by atoms with van der Waals surface area (Å²) in [6, 6.07) is 24.9. The molecule has 0 radical (unpaired) electrons. The number of anilines is 2. The first-order chi connectivity index (χ1) is 25.4. The fraction of sp³-hybridized carbons (Fsp3) is 0.275. The molecule has 274 valence electrons. The zero-order valence-electron chi connectivity index (χ0n) is 29.3. The number of nitrogens with one attached hydrogen (secondary N) is 4. The Kier molecular flexibility index (Phi) is 10.8. The number of aliphatic carboxylic acids is 1. The van der Waals surface area contributed by atoms with Gasteiger partial charge in [-0.3, -0.25) is 24.0 Å². The first kappa shape index (κ1) is 36.6. The van der Waals surface area contributed by atoms with Crippen LogP contribution in [0.2, 0.25) is 0 Å². The Morgan fingerprint density at radius 2 is 1.42 bits per heavy atom. The molecule has 4 aromatic carbocycles. The molecule has 0 saturated carbocycles. The number of hydrogen-bond acceptors (Lipinski definition) is 8. The molecule has 0 fully saturated rings. The summed E-state index contributed by atoms with van der Waals surface area (Å²) in [5.41, 5.74) is 10.6. The average molecular weight is 720 g/mol. The number of amides is 4. The highest BCUT2D eigenvalue weighted by molar-refractivity contribution is 5.99. The number of ether oxygens (including phenoxy) is 2. The number of benzene rings is 4. The van der Waals surface area contributed by atoms with E-state index in [2.05, 4.69) is 21.3 Å². The lowest BCUT2D eigenvalue weighted by Crippen LogP contribution is -2.55. The maximum Gasteiger partial charge on any atom is 0.303 e. The molecular formula is C40H41N5O8. The van der Waals surface area contributed by atoms with Gasteiger partial charge in [0.05, 0.1) is 6.61 Å². The second-order valence-corrected chi connectivity index (χ2v) is 13.2. The summed E-state index contributed by atoms with van der Waals surface area (Å²) < 4.78 is 13.0. The van der Waals surface area contributed by atoms with Crippen molar-refractivity contribution in [3.8, 4) is 11.5 Å². The number of carboxylic acids is 1. The van der Waals surface area contributed by atoms with Crippen LogP contribution in [0.4, 0.5) is 11.4 Å². The van der Waals surface area contributed by atoms with Crippen LogP contribution in [0.1, 0.15) is 60.9 Å². The van der Waals surface area contributed by atoms with Crippen LogP contribution in [-0.4, -0.2) is 52.8 Å². The number of nitrogen functional groups attached to an aromatic ring is 1. The summed E-state index contributed by atoms with van der Waals surface area (Å²) in [5.74, 6) is -2.22. The number of carbonyl (C=O) groups is 5. The second-order valence-electron chi connectivity index (χ2n) is 13.2. The van der Waals surface area contributed by atoms with Gasteiger partial charge >= 0.3 is 5.97 Å². The monoisotopic (exact) mass is 719 g/mol. The van der Waals surface area contributed by atoms with E-state index in [0.29, 0.717) is 29.5 Å². The van der Waals surface area contributed by atoms with Crippen molar-refractivity contribution in [2.45, 2.75) is 69.9 Å². The van der Waals surface area contributed by atoms with Gasteiger partial charge in [0.1, 0.15) is 29.6 Å². The van der Waals surface area contributed by atoms with Crippen LogP contribution < -0.4 is 31.7 Å². The van der Waals surface area contributed by atoms with Gasteiger partial charge < -0.3 is 41.6 Å². The van der Waals surface area contributed by atoms with Crippen molar-refractivity contribution >= 4 is 41.0 Å². The first-order valence-corrected chi connectivity index (χ1v) is 17.4. The van der Waals surface area contributed by atoms with Gasteiger partial charge in [0, 0.05) is 53.9 Å². The lowest BCUT2D eigenvalue weighted by atomic mass is 9.77. The summed E-state index contributed by atoms with van der Waals surface area (Å²) in [4.78, 5) is 62.9. The zero-order valence-corrected chi connectivity index (χ0v) is 29.3. The molecule has 0 aromatic heterocycles. The Bertz CT molecular complexity index is 2050. The molecule has 1 spiro atoms. The van der Waals surface area contributed by atoms with E-state index in [-0.39, 0.29) is 25.7 Å². The lowest BCUT2D eigenvalue weighted by Gasteiger charge is -2.37. The molecule has 0 aliphatic carbocycles. The highest BCUT2D eigenvalue weighted by Gasteiger charge is 2.49. The highest BCUT2D eigenvalue weighted by atomic mass is 16.5. The minimum absolute atomic E-state index is 0.0584. The van der Waals surface area contributed by atoms with Crippen LogP contribution in [0.3, 0.4) is 0 Å². The molecule has 4 atom stereocenters. The molecule has 0 bridgehead atoms. The molecule has 13 nitrogen and oxygen atoms in total. The van der Waals surface area contributed by atoms with E-state index in [9.17, 15) is 24.0 Å². The molecule has 13 heteroatoms. The molecule has 4 aromatic rings. The average Bonchev–Trinajstić information content (AvgIpc) is 3.51.